The first kappa shape index (κ1) is 10.6. The number of aryl methyl sites for hydroxylation is 2. The minimum Gasteiger partial charge on any atom is -0.332 e. The molecule has 0 bridgehead atoms. The Labute approximate surface area is 121 Å². The fraction of sp³-hybridized carbons (Fsp3) is 0.222. The predicted octanol–water partition coefficient (Wildman–Crippen LogP) is -1.02. The number of aromatic nitrogens is 2. The Morgan fingerprint density at radius 1 is 1.42 bits per heavy atom. The summed E-state index contributed by atoms with van der Waals surface area (Å²) in [6.45, 7) is 4.14. The standard InChI is InChI=1S/C9H9N2.Rb/c1-6-3-4-9-8(7(6)2)5-10-11-9;/h4-5H,1-2H3,(H,10,11);/q-1;+1. The van der Waals surface area contributed by atoms with E-state index in [1.54, 1.807) is 0 Å². The molecule has 0 aliphatic rings. The Morgan fingerprint density at radius 2 is 2.17 bits per heavy atom. The van der Waals surface area contributed by atoms with E-state index < -0.39 is 0 Å². The van der Waals surface area contributed by atoms with Crippen molar-refractivity contribution < 1.29 is 58.2 Å². The third-order valence-electron chi connectivity index (χ3n) is 2.07. The average Bonchev–Trinajstić information content (AvgIpc) is 2.45. The summed E-state index contributed by atoms with van der Waals surface area (Å²) in [5.41, 5.74) is 3.52. The van der Waals surface area contributed by atoms with E-state index in [1.807, 2.05) is 12.3 Å². The van der Waals surface area contributed by atoms with Gasteiger partial charge in [-0.15, -0.1) is 5.56 Å². The van der Waals surface area contributed by atoms with Gasteiger partial charge < -0.3 is 5.10 Å². The van der Waals surface area contributed by atoms with Gasteiger partial charge in [0.15, 0.2) is 0 Å². The van der Waals surface area contributed by atoms with Gasteiger partial charge in [-0.1, -0.05) is 19.2 Å². The monoisotopic (exact) mass is 230 g/mol. The fourth-order valence-corrected chi connectivity index (χ4v) is 1.20. The number of nitrogens with zero attached hydrogens (tertiary/aromatic N) is 1. The number of rotatable bonds is 0. The molecule has 1 N–H and O–H groups in total. The maximum absolute atomic E-state index is 3.96. The van der Waals surface area contributed by atoms with Crippen LogP contribution in [-0.4, -0.2) is 10.2 Å². The number of benzene rings is 1. The third-order valence-corrected chi connectivity index (χ3v) is 2.07. The van der Waals surface area contributed by atoms with Gasteiger partial charge in [-0.05, 0) is 5.52 Å². The van der Waals surface area contributed by atoms with Crippen molar-refractivity contribution in [3.63, 3.8) is 0 Å². The summed E-state index contributed by atoms with van der Waals surface area (Å²) in [6, 6.07) is 5.09. The normalized spacial score (nSPS) is 9.83. The molecule has 0 aliphatic heterocycles. The van der Waals surface area contributed by atoms with E-state index in [1.165, 1.54) is 16.5 Å². The predicted molar refractivity (Wildman–Crippen MR) is 44.4 cm³/mol. The second-order valence-electron chi connectivity index (χ2n) is 2.74. The number of hydrogen-bond acceptors (Lipinski definition) is 1. The van der Waals surface area contributed by atoms with E-state index in [9.17, 15) is 0 Å². The molecule has 0 atom stereocenters. The molecular formula is C9H9N2Rb. The first-order valence-corrected chi connectivity index (χ1v) is 3.60. The van der Waals surface area contributed by atoms with E-state index in [-0.39, 0.29) is 58.2 Å². The maximum atomic E-state index is 3.96. The first-order valence-electron chi connectivity index (χ1n) is 3.60. The molecule has 1 heterocycles. The molecule has 0 spiro atoms. The second-order valence-corrected chi connectivity index (χ2v) is 2.74. The van der Waals surface area contributed by atoms with Crippen molar-refractivity contribution in [2.75, 3.05) is 0 Å². The van der Waals surface area contributed by atoms with Crippen molar-refractivity contribution in [1.29, 1.82) is 0 Å². The molecule has 2 rings (SSSR count). The van der Waals surface area contributed by atoms with Gasteiger partial charge in [0.05, 0.1) is 0 Å². The number of nitrogens with one attached hydrogen (secondary N) is 1. The van der Waals surface area contributed by atoms with Crippen LogP contribution in [0.2, 0.25) is 0 Å². The summed E-state index contributed by atoms with van der Waals surface area (Å²) in [7, 11) is 0. The van der Waals surface area contributed by atoms with Gasteiger partial charge >= 0.3 is 58.2 Å². The SMILES string of the molecule is Cc1[c-]cc2[nH]ncc2c1C.[Rb+]. The van der Waals surface area contributed by atoms with Gasteiger partial charge in [-0.25, -0.2) is 0 Å². The third kappa shape index (κ3) is 1.71. The van der Waals surface area contributed by atoms with Crippen LogP contribution in [0.15, 0.2) is 12.3 Å². The van der Waals surface area contributed by atoms with Crippen LogP contribution in [0.3, 0.4) is 0 Å². The van der Waals surface area contributed by atoms with E-state index in [2.05, 4.69) is 30.1 Å². The molecule has 1 aromatic heterocycles. The molecule has 0 saturated carbocycles. The minimum absolute atomic E-state index is 0. The summed E-state index contributed by atoms with van der Waals surface area (Å²) >= 11 is 0. The Kier molecular flexibility index (Phi) is 3.65. The molecule has 2 nitrogen and oxygen atoms in total. The van der Waals surface area contributed by atoms with Gasteiger partial charge in [-0.2, -0.15) is 22.8 Å². The number of aromatic amines is 1. The smallest absolute Gasteiger partial charge is 0.332 e. The molecule has 3 heteroatoms. The van der Waals surface area contributed by atoms with Crippen LogP contribution in [-0.2, 0) is 0 Å². The molecule has 0 saturated heterocycles. The van der Waals surface area contributed by atoms with Crippen LogP contribution in [0, 0.1) is 19.9 Å². The van der Waals surface area contributed by atoms with Crippen LogP contribution in [0.4, 0.5) is 0 Å². The van der Waals surface area contributed by atoms with Gasteiger partial charge in [0.1, 0.15) is 0 Å². The van der Waals surface area contributed by atoms with E-state index >= 15 is 0 Å². The molecule has 0 fully saturated rings. The van der Waals surface area contributed by atoms with Gasteiger partial charge in [0.25, 0.3) is 0 Å². The Bertz CT molecular complexity index is 392. The Hall–Kier alpha value is 0.495. The van der Waals surface area contributed by atoms with Gasteiger partial charge in [0, 0.05) is 6.20 Å². The zero-order valence-electron chi connectivity index (χ0n) is 7.60. The number of hydrogen-bond donors (Lipinski definition) is 1. The van der Waals surface area contributed by atoms with Gasteiger partial charge in [-0.3, -0.25) is 0 Å². The van der Waals surface area contributed by atoms with Crippen molar-refractivity contribution in [3.8, 4) is 0 Å². The molecule has 0 unspecified atom stereocenters. The largest absolute Gasteiger partial charge is 1.00 e. The number of fused-ring (bicyclic) bond motifs is 1. The zero-order chi connectivity index (χ0) is 7.84. The minimum atomic E-state index is 0. The Morgan fingerprint density at radius 3 is 2.92 bits per heavy atom. The quantitative estimate of drug-likeness (QED) is 0.577. The van der Waals surface area contributed by atoms with E-state index in [4.69, 9.17) is 0 Å². The maximum Gasteiger partial charge on any atom is 1.00 e. The van der Waals surface area contributed by atoms with Crippen molar-refractivity contribution >= 4 is 10.9 Å². The fourth-order valence-electron chi connectivity index (χ4n) is 1.20. The van der Waals surface area contributed by atoms with Crippen LogP contribution in [0.5, 0.6) is 0 Å². The molecular weight excluding hydrogens is 222 g/mol. The second kappa shape index (κ2) is 4.14. The van der Waals surface area contributed by atoms with E-state index in [0.717, 1.165) is 5.52 Å². The first-order chi connectivity index (χ1) is 5.29. The van der Waals surface area contributed by atoms with E-state index in [0.29, 0.717) is 0 Å². The van der Waals surface area contributed by atoms with Crippen molar-refractivity contribution in [2.45, 2.75) is 13.8 Å². The molecule has 0 radical (unpaired) electrons. The Balaban J connectivity index is 0.000000720. The summed E-state index contributed by atoms with van der Waals surface area (Å²) in [4.78, 5) is 0. The average molecular weight is 231 g/mol. The molecule has 0 amide bonds. The van der Waals surface area contributed by atoms with Crippen molar-refractivity contribution in [1.82, 2.24) is 10.2 Å². The van der Waals surface area contributed by atoms with Crippen LogP contribution in [0.25, 0.3) is 10.9 Å². The zero-order valence-corrected chi connectivity index (χ0v) is 12.5. The van der Waals surface area contributed by atoms with Crippen molar-refractivity contribution in [3.05, 3.63) is 29.5 Å². The molecule has 56 valence electrons. The molecule has 2 aromatic rings. The molecule has 0 aliphatic carbocycles. The summed E-state index contributed by atoms with van der Waals surface area (Å²) < 4.78 is 0. The van der Waals surface area contributed by atoms with Crippen LogP contribution >= 0.6 is 0 Å². The van der Waals surface area contributed by atoms with Gasteiger partial charge in [0.2, 0.25) is 0 Å². The molecule has 1 aromatic carbocycles. The summed E-state index contributed by atoms with van der Waals surface area (Å²) in [6.07, 6.45) is 1.85. The van der Waals surface area contributed by atoms with Crippen LogP contribution in [0.1, 0.15) is 11.1 Å². The topological polar surface area (TPSA) is 28.7 Å². The summed E-state index contributed by atoms with van der Waals surface area (Å²) in [5.74, 6) is 0. The molecule has 12 heavy (non-hydrogen) atoms. The summed E-state index contributed by atoms with van der Waals surface area (Å²) in [5, 5.41) is 8.06. The number of H-pyrrole nitrogens is 1. The van der Waals surface area contributed by atoms with Crippen molar-refractivity contribution in [2.24, 2.45) is 0 Å². The van der Waals surface area contributed by atoms with Crippen LogP contribution < -0.4 is 58.2 Å².